The molecule has 1 unspecified atom stereocenters. The van der Waals surface area contributed by atoms with Crippen molar-refractivity contribution >= 4 is 5.78 Å². The Hall–Kier alpha value is -2.67. The Balaban J connectivity index is 1.72. The predicted molar refractivity (Wildman–Crippen MR) is 95.2 cm³/mol. The number of benzene rings is 3. The van der Waals surface area contributed by atoms with Crippen LogP contribution in [0.3, 0.4) is 0 Å². The molecule has 116 valence electrons. The van der Waals surface area contributed by atoms with Gasteiger partial charge in [-0.25, -0.2) is 0 Å². The van der Waals surface area contributed by atoms with Crippen molar-refractivity contribution in [3.8, 4) is 0 Å². The zero-order chi connectivity index (χ0) is 16.2. The van der Waals surface area contributed by atoms with Gasteiger partial charge in [-0.15, -0.1) is 0 Å². The molecule has 5 rings (SSSR count). The minimum Gasteiger partial charge on any atom is -0.293 e. The van der Waals surface area contributed by atoms with Crippen molar-refractivity contribution in [2.24, 2.45) is 5.41 Å². The van der Waals surface area contributed by atoms with E-state index in [1.807, 2.05) is 30.3 Å². The third-order valence-corrected chi connectivity index (χ3v) is 5.98. The van der Waals surface area contributed by atoms with E-state index in [0.29, 0.717) is 5.78 Å². The van der Waals surface area contributed by atoms with Gasteiger partial charge in [0.25, 0.3) is 0 Å². The average molecular weight is 310 g/mol. The highest BCUT2D eigenvalue weighted by Crippen LogP contribution is 2.72. The number of carbonyl (C=O) groups is 1. The lowest BCUT2D eigenvalue weighted by atomic mass is 9.78. The molecule has 0 heterocycles. The fourth-order valence-electron chi connectivity index (χ4n) is 4.82. The summed E-state index contributed by atoms with van der Waals surface area (Å²) >= 11 is 0. The van der Waals surface area contributed by atoms with Crippen molar-refractivity contribution in [3.05, 3.63) is 107 Å². The van der Waals surface area contributed by atoms with Crippen molar-refractivity contribution in [1.29, 1.82) is 0 Å². The molecule has 24 heavy (non-hydrogen) atoms. The van der Waals surface area contributed by atoms with Crippen molar-refractivity contribution in [2.45, 2.75) is 18.3 Å². The van der Waals surface area contributed by atoms with Crippen LogP contribution in [0.25, 0.3) is 0 Å². The summed E-state index contributed by atoms with van der Waals surface area (Å²) in [5.41, 5.74) is 4.16. The zero-order valence-corrected chi connectivity index (χ0v) is 13.4. The Morgan fingerprint density at radius 1 is 0.667 bits per heavy atom. The van der Waals surface area contributed by atoms with Crippen LogP contribution in [0.5, 0.6) is 0 Å². The van der Waals surface area contributed by atoms with E-state index >= 15 is 0 Å². The number of carbonyl (C=O) groups excluding carboxylic acids is 1. The molecule has 1 spiro atoms. The second kappa shape index (κ2) is 4.67. The minimum atomic E-state index is -0.306. The topological polar surface area (TPSA) is 17.1 Å². The standard InChI is InChI=1S/C23H18O/c24-21-20-14-8-7-9-17(20)15-22(21)16-23(22,18-10-3-1-4-11-18)19-12-5-2-6-13-19/h1-14H,15-16H2. The first-order chi connectivity index (χ1) is 11.8. The van der Waals surface area contributed by atoms with E-state index in [1.165, 1.54) is 16.7 Å². The Kier molecular flexibility index (Phi) is 2.67. The average Bonchev–Trinajstić information content (AvgIpc) is 3.25. The van der Waals surface area contributed by atoms with Crippen LogP contribution in [0.2, 0.25) is 0 Å². The maximum atomic E-state index is 13.3. The van der Waals surface area contributed by atoms with E-state index < -0.39 is 0 Å². The van der Waals surface area contributed by atoms with Crippen LogP contribution < -0.4 is 0 Å². The molecule has 3 aromatic rings. The van der Waals surface area contributed by atoms with Gasteiger partial charge in [0.05, 0.1) is 5.41 Å². The molecule has 1 saturated carbocycles. The summed E-state index contributed by atoms with van der Waals surface area (Å²) in [7, 11) is 0. The molecule has 1 heteroatoms. The van der Waals surface area contributed by atoms with Crippen LogP contribution in [-0.2, 0) is 11.8 Å². The van der Waals surface area contributed by atoms with Gasteiger partial charge < -0.3 is 0 Å². The molecule has 1 nitrogen and oxygen atoms in total. The van der Waals surface area contributed by atoms with E-state index in [2.05, 4.69) is 54.6 Å². The monoisotopic (exact) mass is 310 g/mol. The summed E-state index contributed by atoms with van der Waals surface area (Å²) in [6, 6.07) is 29.3. The van der Waals surface area contributed by atoms with Crippen LogP contribution in [0.1, 0.15) is 33.5 Å². The summed E-state index contributed by atoms with van der Waals surface area (Å²) < 4.78 is 0. The van der Waals surface area contributed by atoms with Crippen LogP contribution in [0, 0.1) is 5.41 Å². The molecule has 0 amide bonds. The van der Waals surface area contributed by atoms with Gasteiger partial charge in [-0.1, -0.05) is 84.9 Å². The lowest BCUT2D eigenvalue weighted by Gasteiger charge is -2.23. The Bertz CT molecular complexity index is 887. The number of ketones is 1. The quantitative estimate of drug-likeness (QED) is 0.664. The SMILES string of the molecule is O=C1c2ccccc2CC12CC2(c1ccccc1)c1ccccc1. The fourth-order valence-corrected chi connectivity index (χ4v) is 4.82. The first-order valence-corrected chi connectivity index (χ1v) is 8.52. The maximum absolute atomic E-state index is 13.3. The number of Topliss-reactive ketones (excluding diaryl/α,β-unsaturated/α-hetero) is 1. The lowest BCUT2D eigenvalue weighted by Crippen LogP contribution is -2.25. The molecule has 3 aromatic carbocycles. The second-order valence-electron chi connectivity index (χ2n) is 7.06. The number of rotatable bonds is 2. The maximum Gasteiger partial charge on any atom is 0.170 e. The third kappa shape index (κ3) is 1.57. The molecular formula is C23H18O. The molecule has 1 atom stereocenters. The van der Waals surface area contributed by atoms with Crippen LogP contribution in [0.4, 0.5) is 0 Å². The van der Waals surface area contributed by atoms with Crippen LogP contribution >= 0.6 is 0 Å². The van der Waals surface area contributed by atoms with Gasteiger partial charge in [0.1, 0.15) is 0 Å². The smallest absolute Gasteiger partial charge is 0.170 e. The van der Waals surface area contributed by atoms with Gasteiger partial charge in [0.2, 0.25) is 0 Å². The van der Waals surface area contributed by atoms with Crippen molar-refractivity contribution in [2.75, 3.05) is 0 Å². The van der Waals surface area contributed by atoms with E-state index in [-0.39, 0.29) is 10.8 Å². The zero-order valence-electron chi connectivity index (χ0n) is 13.4. The highest BCUT2D eigenvalue weighted by atomic mass is 16.1. The number of fused-ring (bicyclic) bond motifs is 1. The molecule has 0 radical (unpaired) electrons. The molecule has 2 aliphatic rings. The molecular weight excluding hydrogens is 292 g/mol. The summed E-state index contributed by atoms with van der Waals surface area (Å²) in [6.45, 7) is 0. The van der Waals surface area contributed by atoms with Gasteiger partial charge in [0, 0.05) is 11.0 Å². The van der Waals surface area contributed by atoms with Crippen molar-refractivity contribution < 1.29 is 4.79 Å². The lowest BCUT2D eigenvalue weighted by molar-refractivity contribution is 0.0905. The van der Waals surface area contributed by atoms with E-state index in [1.54, 1.807) is 0 Å². The van der Waals surface area contributed by atoms with Crippen LogP contribution in [0.15, 0.2) is 84.9 Å². The summed E-state index contributed by atoms with van der Waals surface area (Å²) in [4.78, 5) is 13.3. The number of hydrogen-bond acceptors (Lipinski definition) is 1. The predicted octanol–water partition coefficient (Wildman–Crippen LogP) is 4.80. The Labute approximate surface area is 142 Å². The normalized spacial score (nSPS) is 23.2. The molecule has 0 N–H and O–H groups in total. The van der Waals surface area contributed by atoms with Gasteiger partial charge in [0.15, 0.2) is 5.78 Å². The highest BCUT2D eigenvalue weighted by Gasteiger charge is 2.74. The first-order valence-electron chi connectivity index (χ1n) is 8.52. The van der Waals surface area contributed by atoms with E-state index in [0.717, 1.165) is 18.4 Å². The Morgan fingerprint density at radius 3 is 1.79 bits per heavy atom. The molecule has 0 aliphatic heterocycles. The molecule has 0 saturated heterocycles. The second-order valence-corrected chi connectivity index (χ2v) is 7.06. The Morgan fingerprint density at radius 2 is 1.21 bits per heavy atom. The van der Waals surface area contributed by atoms with Gasteiger partial charge >= 0.3 is 0 Å². The van der Waals surface area contributed by atoms with Gasteiger partial charge in [-0.05, 0) is 29.5 Å². The minimum absolute atomic E-state index is 0.189. The highest BCUT2D eigenvalue weighted by molar-refractivity contribution is 6.09. The van der Waals surface area contributed by atoms with Crippen LogP contribution in [-0.4, -0.2) is 5.78 Å². The third-order valence-electron chi connectivity index (χ3n) is 5.98. The molecule has 0 aromatic heterocycles. The first kappa shape index (κ1) is 13.7. The molecule has 2 aliphatic carbocycles. The van der Waals surface area contributed by atoms with Gasteiger partial charge in [-0.2, -0.15) is 0 Å². The number of hydrogen-bond donors (Lipinski definition) is 0. The van der Waals surface area contributed by atoms with Crippen molar-refractivity contribution in [3.63, 3.8) is 0 Å². The summed E-state index contributed by atoms with van der Waals surface area (Å²) in [6.07, 6.45) is 1.76. The largest absolute Gasteiger partial charge is 0.293 e. The molecule has 0 bridgehead atoms. The van der Waals surface area contributed by atoms with Gasteiger partial charge in [-0.3, -0.25) is 4.79 Å². The van der Waals surface area contributed by atoms with E-state index in [9.17, 15) is 4.79 Å². The van der Waals surface area contributed by atoms with Crippen molar-refractivity contribution in [1.82, 2.24) is 0 Å². The summed E-state index contributed by atoms with van der Waals surface area (Å²) in [5, 5.41) is 0. The summed E-state index contributed by atoms with van der Waals surface area (Å²) in [5.74, 6) is 0.325. The molecule has 1 fully saturated rings. The van der Waals surface area contributed by atoms with E-state index in [4.69, 9.17) is 0 Å². The fraction of sp³-hybridized carbons (Fsp3) is 0.174.